The molecule has 0 aliphatic carbocycles. The Bertz CT molecular complexity index is 317. The number of esters is 2. The Hall–Kier alpha value is -1.66. The van der Waals surface area contributed by atoms with Crippen LogP contribution in [-0.2, 0) is 19.1 Å². The first kappa shape index (κ1) is 14.3. The first-order chi connectivity index (χ1) is 7.20. The second kappa shape index (κ2) is 5.43. The van der Waals surface area contributed by atoms with Crippen molar-refractivity contribution >= 4 is 11.9 Å². The van der Waals surface area contributed by atoms with Crippen LogP contribution in [0.5, 0.6) is 0 Å². The minimum Gasteiger partial charge on any atom is -0.449 e. The summed E-state index contributed by atoms with van der Waals surface area (Å²) in [6.07, 6.45) is -0.617. The topological polar surface area (TPSA) is 93.1 Å². The van der Waals surface area contributed by atoms with Gasteiger partial charge in [0, 0.05) is 11.6 Å². The van der Waals surface area contributed by atoms with Crippen molar-refractivity contribution in [2.75, 3.05) is 0 Å². The van der Waals surface area contributed by atoms with Gasteiger partial charge in [0.1, 0.15) is 0 Å². The zero-order valence-corrected chi connectivity index (χ0v) is 9.10. The van der Waals surface area contributed by atoms with Gasteiger partial charge in [-0.25, -0.2) is 9.59 Å². The Morgan fingerprint density at radius 1 is 1.44 bits per heavy atom. The average molecular weight is 230 g/mol. The van der Waals surface area contributed by atoms with Crippen molar-refractivity contribution in [3.8, 4) is 0 Å². The lowest BCUT2D eigenvalue weighted by atomic mass is 10.3. The van der Waals surface area contributed by atoms with Crippen LogP contribution in [0.25, 0.3) is 0 Å². The van der Waals surface area contributed by atoms with Gasteiger partial charge in [-0.2, -0.15) is 0 Å². The zero-order valence-electron chi connectivity index (χ0n) is 9.10. The number of rotatable bonds is 5. The molecule has 0 radical (unpaired) electrons. The summed E-state index contributed by atoms with van der Waals surface area (Å²) in [6, 6.07) is 0. The van der Waals surface area contributed by atoms with E-state index < -0.39 is 24.0 Å². The van der Waals surface area contributed by atoms with Gasteiger partial charge < -0.3 is 19.7 Å². The molecule has 1 atom stereocenters. The van der Waals surface area contributed by atoms with Crippen LogP contribution in [0.4, 0.5) is 0 Å². The summed E-state index contributed by atoms with van der Waals surface area (Å²) in [5, 5.41) is 18.6. The molecule has 0 saturated heterocycles. The third-order valence-corrected chi connectivity index (χ3v) is 1.58. The Balaban J connectivity index is 4.52. The molecule has 0 aliphatic heterocycles. The summed E-state index contributed by atoms with van der Waals surface area (Å²) in [5.74, 6) is -4.79. The molecule has 0 rings (SSSR count). The highest BCUT2D eigenvalue weighted by Gasteiger charge is 2.38. The average Bonchev–Trinajstić information content (AvgIpc) is 2.16. The summed E-state index contributed by atoms with van der Waals surface area (Å²) in [6.45, 7) is 8.86. The normalized spacial score (nSPS) is 12.5. The summed E-state index contributed by atoms with van der Waals surface area (Å²) in [4.78, 5) is 21.8. The molecule has 0 spiro atoms. The molecule has 0 amide bonds. The standard InChI is InChI=1S/C10H14O6/c1-5-8(11)15-7(4)10(13,14)16-9(12)6(2)3/h5,7,13-14H,1-2H2,3-4H3. The van der Waals surface area contributed by atoms with E-state index in [1.807, 2.05) is 0 Å². The third kappa shape index (κ3) is 4.24. The van der Waals surface area contributed by atoms with E-state index in [1.165, 1.54) is 6.92 Å². The van der Waals surface area contributed by atoms with Crippen molar-refractivity contribution in [1.82, 2.24) is 0 Å². The summed E-state index contributed by atoms with van der Waals surface area (Å²) < 4.78 is 8.75. The molecule has 0 aromatic heterocycles. The quantitative estimate of drug-likeness (QED) is 0.388. The van der Waals surface area contributed by atoms with Crippen LogP contribution in [0.15, 0.2) is 24.8 Å². The molecule has 0 aliphatic rings. The van der Waals surface area contributed by atoms with E-state index in [0.29, 0.717) is 0 Å². The summed E-state index contributed by atoms with van der Waals surface area (Å²) in [7, 11) is 0. The third-order valence-electron chi connectivity index (χ3n) is 1.58. The number of ether oxygens (including phenoxy) is 2. The lowest BCUT2D eigenvalue weighted by Crippen LogP contribution is -2.47. The van der Waals surface area contributed by atoms with Crippen LogP contribution < -0.4 is 0 Å². The largest absolute Gasteiger partial charge is 0.449 e. The Morgan fingerprint density at radius 2 is 1.94 bits per heavy atom. The van der Waals surface area contributed by atoms with E-state index >= 15 is 0 Å². The number of hydrogen-bond acceptors (Lipinski definition) is 6. The van der Waals surface area contributed by atoms with Gasteiger partial charge in [-0.15, -0.1) is 0 Å². The van der Waals surface area contributed by atoms with E-state index in [2.05, 4.69) is 22.6 Å². The second-order valence-corrected chi connectivity index (χ2v) is 3.11. The second-order valence-electron chi connectivity index (χ2n) is 3.11. The van der Waals surface area contributed by atoms with Gasteiger partial charge in [-0.1, -0.05) is 13.2 Å². The number of hydrogen-bond donors (Lipinski definition) is 2. The van der Waals surface area contributed by atoms with E-state index in [4.69, 9.17) is 0 Å². The van der Waals surface area contributed by atoms with Crippen molar-refractivity contribution in [3.05, 3.63) is 24.8 Å². The molecule has 0 aromatic carbocycles. The molecule has 0 aromatic rings. The molecule has 0 fully saturated rings. The maximum absolute atomic E-state index is 11.0. The highest BCUT2D eigenvalue weighted by molar-refractivity contribution is 5.87. The minimum absolute atomic E-state index is 0.0188. The molecule has 0 heterocycles. The highest BCUT2D eigenvalue weighted by Crippen LogP contribution is 2.14. The maximum Gasteiger partial charge on any atom is 0.363 e. The molecule has 0 saturated carbocycles. The van der Waals surface area contributed by atoms with Gasteiger partial charge in [-0.3, -0.25) is 0 Å². The SMILES string of the molecule is C=CC(=O)OC(C)C(O)(O)OC(=O)C(=C)C. The molecule has 6 nitrogen and oxygen atoms in total. The molecular formula is C10H14O6. The Morgan fingerprint density at radius 3 is 2.31 bits per heavy atom. The van der Waals surface area contributed by atoms with Gasteiger partial charge in [0.25, 0.3) is 0 Å². The van der Waals surface area contributed by atoms with Gasteiger partial charge in [0.15, 0.2) is 6.10 Å². The lowest BCUT2D eigenvalue weighted by Gasteiger charge is -2.26. The fourth-order valence-electron chi connectivity index (χ4n) is 0.606. The van der Waals surface area contributed by atoms with Gasteiger partial charge >= 0.3 is 17.9 Å². The van der Waals surface area contributed by atoms with Crippen molar-refractivity contribution < 1.29 is 29.3 Å². The first-order valence-electron chi connectivity index (χ1n) is 4.37. The molecule has 90 valence electrons. The fourth-order valence-corrected chi connectivity index (χ4v) is 0.606. The van der Waals surface area contributed by atoms with Crippen LogP contribution in [0.2, 0.25) is 0 Å². The molecular weight excluding hydrogens is 216 g/mol. The lowest BCUT2D eigenvalue weighted by molar-refractivity contribution is -0.353. The predicted octanol–water partition coefficient (Wildman–Crippen LogP) is -0.138. The summed E-state index contributed by atoms with van der Waals surface area (Å²) in [5.41, 5.74) is -0.0188. The number of aliphatic hydroxyl groups is 2. The molecule has 16 heavy (non-hydrogen) atoms. The zero-order chi connectivity index (χ0) is 12.9. The fraction of sp³-hybridized carbons (Fsp3) is 0.400. The number of carbonyl (C=O) groups is 2. The monoisotopic (exact) mass is 230 g/mol. The van der Waals surface area contributed by atoms with Crippen molar-refractivity contribution in [2.45, 2.75) is 25.9 Å². The van der Waals surface area contributed by atoms with Crippen molar-refractivity contribution in [1.29, 1.82) is 0 Å². The van der Waals surface area contributed by atoms with Crippen molar-refractivity contribution in [2.24, 2.45) is 0 Å². The van der Waals surface area contributed by atoms with Crippen LogP contribution >= 0.6 is 0 Å². The van der Waals surface area contributed by atoms with Crippen LogP contribution in [0.3, 0.4) is 0 Å². The predicted molar refractivity (Wildman–Crippen MR) is 53.8 cm³/mol. The van der Waals surface area contributed by atoms with Crippen LogP contribution in [0.1, 0.15) is 13.8 Å². The smallest absolute Gasteiger partial charge is 0.363 e. The van der Waals surface area contributed by atoms with Crippen LogP contribution in [0, 0.1) is 0 Å². The molecule has 2 N–H and O–H groups in total. The Kier molecular flexibility index (Phi) is 4.87. The van der Waals surface area contributed by atoms with E-state index in [1.54, 1.807) is 0 Å². The van der Waals surface area contributed by atoms with Gasteiger partial charge in [0.2, 0.25) is 0 Å². The van der Waals surface area contributed by atoms with E-state index in [-0.39, 0.29) is 5.57 Å². The molecule has 0 bridgehead atoms. The van der Waals surface area contributed by atoms with E-state index in [9.17, 15) is 19.8 Å². The highest BCUT2D eigenvalue weighted by atomic mass is 16.8. The van der Waals surface area contributed by atoms with Gasteiger partial charge in [0.05, 0.1) is 0 Å². The number of carbonyl (C=O) groups excluding carboxylic acids is 2. The summed E-state index contributed by atoms with van der Waals surface area (Å²) >= 11 is 0. The maximum atomic E-state index is 11.0. The minimum atomic E-state index is -2.91. The van der Waals surface area contributed by atoms with E-state index in [0.717, 1.165) is 13.0 Å². The van der Waals surface area contributed by atoms with Gasteiger partial charge in [-0.05, 0) is 13.8 Å². The molecule has 1 unspecified atom stereocenters. The first-order valence-corrected chi connectivity index (χ1v) is 4.37. The van der Waals surface area contributed by atoms with Crippen molar-refractivity contribution in [3.63, 3.8) is 0 Å². The molecule has 6 heteroatoms. The van der Waals surface area contributed by atoms with Crippen LogP contribution in [-0.4, -0.2) is 34.2 Å². The Labute approximate surface area is 92.8 Å².